The lowest BCUT2D eigenvalue weighted by Gasteiger charge is -2.19. The number of nitrogens with two attached hydrogens (primary N) is 1. The minimum atomic E-state index is 1.06. The summed E-state index contributed by atoms with van der Waals surface area (Å²) in [5.74, 6) is 5.33. The smallest absolute Gasteiger partial charge is 0.0144 e. The fourth-order valence-corrected chi connectivity index (χ4v) is 0.939. The van der Waals surface area contributed by atoms with Crippen LogP contribution in [0.3, 0.4) is 0 Å². The predicted octanol–water partition coefficient (Wildman–Crippen LogP) is 1.27. The van der Waals surface area contributed by atoms with Crippen LogP contribution in [0, 0.1) is 0 Å². The third-order valence-corrected chi connectivity index (χ3v) is 1.75. The van der Waals surface area contributed by atoms with Crippen molar-refractivity contribution in [1.82, 2.24) is 10.5 Å². The number of hydrazine groups is 2. The van der Waals surface area contributed by atoms with E-state index in [4.69, 9.17) is 5.84 Å². The zero-order chi connectivity index (χ0) is 8.53. The molecule has 0 unspecified atom stereocenters. The third-order valence-electron chi connectivity index (χ3n) is 1.75. The van der Waals surface area contributed by atoms with Crippen molar-refractivity contribution in [3.63, 3.8) is 0 Å². The van der Waals surface area contributed by atoms with E-state index in [0.717, 1.165) is 13.1 Å². The second-order valence-electron chi connectivity index (χ2n) is 2.82. The van der Waals surface area contributed by atoms with Gasteiger partial charge in [-0.2, -0.15) is 5.53 Å². The quantitative estimate of drug-likeness (QED) is 0.434. The van der Waals surface area contributed by atoms with Crippen molar-refractivity contribution in [3.05, 3.63) is 0 Å². The predicted molar refractivity (Wildman–Crippen MR) is 48.7 cm³/mol. The Hall–Kier alpha value is -0.120. The summed E-state index contributed by atoms with van der Waals surface area (Å²) in [6.45, 7) is 6.50. The second-order valence-corrected chi connectivity index (χ2v) is 2.82. The zero-order valence-electron chi connectivity index (χ0n) is 7.77. The van der Waals surface area contributed by atoms with Crippen LogP contribution >= 0.6 is 0 Å². The average Bonchev–Trinajstić information content (AvgIpc) is 2.05. The van der Waals surface area contributed by atoms with Crippen molar-refractivity contribution in [2.24, 2.45) is 5.84 Å². The topological polar surface area (TPSA) is 41.3 Å². The lowest BCUT2D eigenvalue weighted by molar-refractivity contribution is 0.184. The van der Waals surface area contributed by atoms with Gasteiger partial charge in [0.2, 0.25) is 0 Å². The molecule has 0 aromatic carbocycles. The monoisotopic (exact) mass is 159 g/mol. The van der Waals surface area contributed by atoms with Crippen LogP contribution in [0.4, 0.5) is 0 Å². The van der Waals surface area contributed by atoms with Gasteiger partial charge in [0.15, 0.2) is 0 Å². The van der Waals surface area contributed by atoms with E-state index in [1.165, 1.54) is 25.7 Å². The van der Waals surface area contributed by atoms with Gasteiger partial charge in [0.25, 0.3) is 0 Å². The van der Waals surface area contributed by atoms with Gasteiger partial charge in [-0.3, -0.25) is 5.84 Å². The first-order valence-corrected chi connectivity index (χ1v) is 4.56. The Morgan fingerprint density at radius 3 is 1.82 bits per heavy atom. The van der Waals surface area contributed by atoms with Gasteiger partial charge in [-0.25, -0.2) is 5.01 Å². The molecule has 0 aliphatic carbocycles. The van der Waals surface area contributed by atoms with Crippen molar-refractivity contribution in [1.29, 1.82) is 0 Å². The molecule has 0 saturated carbocycles. The molecular weight excluding hydrogens is 138 g/mol. The summed E-state index contributed by atoms with van der Waals surface area (Å²) in [5.41, 5.74) is 2.70. The number of rotatable bonds is 7. The molecule has 0 aromatic rings. The van der Waals surface area contributed by atoms with Gasteiger partial charge >= 0.3 is 0 Å². The van der Waals surface area contributed by atoms with Crippen LogP contribution in [0.1, 0.15) is 39.5 Å². The maximum atomic E-state index is 5.33. The fraction of sp³-hybridized carbons (Fsp3) is 1.00. The first kappa shape index (κ1) is 10.9. The Balaban J connectivity index is 3.25. The molecule has 0 fully saturated rings. The molecule has 3 heteroatoms. The summed E-state index contributed by atoms with van der Waals surface area (Å²) in [6, 6.07) is 0. The first-order chi connectivity index (χ1) is 5.35. The van der Waals surface area contributed by atoms with Crippen LogP contribution in [0.15, 0.2) is 0 Å². The summed E-state index contributed by atoms with van der Waals surface area (Å²) >= 11 is 0. The Bertz CT molecular complexity index is 67.7. The molecule has 11 heavy (non-hydrogen) atoms. The molecule has 0 amide bonds. The van der Waals surface area contributed by atoms with Gasteiger partial charge in [-0.1, -0.05) is 26.7 Å². The van der Waals surface area contributed by atoms with Gasteiger partial charge < -0.3 is 0 Å². The summed E-state index contributed by atoms with van der Waals surface area (Å²) in [6.07, 6.45) is 4.89. The molecule has 0 spiro atoms. The summed E-state index contributed by atoms with van der Waals surface area (Å²) in [5, 5.41) is 2.08. The lowest BCUT2D eigenvalue weighted by atomic mass is 10.3. The largest absolute Gasteiger partial charge is 0.258 e. The molecule has 0 radical (unpaired) electrons. The molecule has 0 saturated heterocycles. The SMILES string of the molecule is CCCCN(CCCC)NN. The maximum absolute atomic E-state index is 5.33. The standard InChI is InChI=1S/C8H21N3/c1-3-5-7-11(10-9)8-6-4-2/h10H,3-9H2,1-2H3. The Morgan fingerprint density at radius 2 is 1.55 bits per heavy atom. The van der Waals surface area contributed by atoms with Crippen LogP contribution in [-0.2, 0) is 0 Å². The first-order valence-electron chi connectivity index (χ1n) is 4.56. The lowest BCUT2D eigenvalue weighted by Crippen LogP contribution is -2.43. The molecule has 0 aliphatic rings. The van der Waals surface area contributed by atoms with Crippen molar-refractivity contribution in [2.75, 3.05) is 13.1 Å². The van der Waals surface area contributed by atoms with Crippen molar-refractivity contribution in [2.45, 2.75) is 39.5 Å². The number of nitrogens with zero attached hydrogens (tertiary/aromatic N) is 1. The molecular formula is C8H21N3. The summed E-state index contributed by atoms with van der Waals surface area (Å²) < 4.78 is 0. The van der Waals surface area contributed by atoms with Gasteiger partial charge in [0, 0.05) is 13.1 Å². The van der Waals surface area contributed by atoms with Gasteiger partial charge in [0.05, 0.1) is 0 Å². The van der Waals surface area contributed by atoms with Gasteiger partial charge in [0.1, 0.15) is 0 Å². The summed E-state index contributed by atoms with van der Waals surface area (Å²) in [4.78, 5) is 0. The highest BCUT2D eigenvalue weighted by Crippen LogP contribution is 1.94. The van der Waals surface area contributed by atoms with Crippen LogP contribution in [0.2, 0.25) is 0 Å². The minimum absolute atomic E-state index is 1.06. The van der Waals surface area contributed by atoms with Crippen molar-refractivity contribution < 1.29 is 0 Å². The fourth-order valence-electron chi connectivity index (χ4n) is 0.939. The van der Waals surface area contributed by atoms with E-state index in [1.54, 1.807) is 0 Å². The molecule has 0 aromatic heterocycles. The van der Waals surface area contributed by atoms with E-state index in [2.05, 4.69) is 24.4 Å². The molecule has 68 valence electrons. The summed E-state index contributed by atoms with van der Waals surface area (Å²) in [7, 11) is 0. The highest BCUT2D eigenvalue weighted by Gasteiger charge is 1.98. The number of unbranched alkanes of at least 4 members (excludes halogenated alkanes) is 2. The Morgan fingerprint density at radius 1 is 1.09 bits per heavy atom. The van der Waals surface area contributed by atoms with Crippen LogP contribution in [-0.4, -0.2) is 18.1 Å². The van der Waals surface area contributed by atoms with E-state index < -0.39 is 0 Å². The molecule has 3 nitrogen and oxygen atoms in total. The minimum Gasteiger partial charge on any atom is -0.258 e. The van der Waals surface area contributed by atoms with Crippen molar-refractivity contribution >= 4 is 0 Å². The molecule has 0 rings (SSSR count). The van der Waals surface area contributed by atoms with Crippen LogP contribution < -0.4 is 11.4 Å². The normalized spacial score (nSPS) is 10.9. The zero-order valence-corrected chi connectivity index (χ0v) is 7.77. The van der Waals surface area contributed by atoms with Crippen molar-refractivity contribution in [3.8, 4) is 0 Å². The van der Waals surface area contributed by atoms with E-state index in [0.29, 0.717) is 0 Å². The average molecular weight is 159 g/mol. The van der Waals surface area contributed by atoms with Gasteiger partial charge in [-0.15, -0.1) is 0 Å². The third kappa shape index (κ3) is 6.28. The number of hydrogen-bond donors (Lipinski definition) is 2. The second kappa shape index (κ2) is 7.98. The van der Waals surface area contributed by atoms with E-state index >= 15 is 0 Å². The van der Waals surface area contributed by atoms with Crippen LogP contribution in [0.5, 0.6) is 0 Å². The molecule has 0 aliphatic heterocycles. The number of nitrogens with one attached hydrogen (secondary N) is 1. The maximum Gasteiger partial charge on any atom is 0.0144 e. The highest BCUT2D eigenvalue weighted by molar-refractivity contribution is 4.48. The van der Waals surface area contributed by atoms with E-state index in [-0.39, 0.29) is 0 Å². The molecule has 0 atom stereocenters. The Kier molecular flexibility index (Phi) is 7.89. The Labute approximate surface area is 69.9 Å². The van der Waals surface area contributed by atoms with E-state index in [1.807, 2.05) is 0 Å². The molecule has 3 N–H and O–H groups in total. The molecule has 0 bridgehead atoms. The van der Waals surface area contributed by atoms with Gasteiger partial charge in [-0.05, 0) is 12.8 Å². The number of hydrogen-bond acceptors (Lipinski definition) is 3. The molecule has 0 heterocycles. The van der Waals surface area contributed by atoms with Crippen LogP contribution in [0.25, 0.3) is 0 Å². The highest BCUT2D eigenvalue weighted by atomic mass is 15.6. The van der Waals surface area contributed by atoms with E-state index in [9.17, 15) is 0 Å².